The highest BCUT2D eigenvalue weighted by Crippen LogP contribution is 2.20. The predicted molar refractivity (Wildman–Crippen MR) is 92.9 cm³/mol. The highest BCUT2D eigenvalue weighted by Gasteiger charge is 2.07. The summed E-state index contributed by atoms with van der Waals surface area (Å²) in [5.41, 5.74) is 0. The third-order valence-electron chi connectivity index (χ3n) is 3.07. The van der Waals surface area contributed by atoms with Crippen molar-refractivity contribution in [2.75, 3.05) is 38.0 Å². The molecule has 0 aromatic rings. The van der Waals surface area contributed by atoms with Gasteiger partial charge in [-0.25, -0.2) is 0 Å². The summed E-state index contributed by atoms with van der Waals surface area (Å²) in [6, 6.07) is 0. The van der Waals surface area contributed by atoms with Crippen LogP contribution >= 0.6 is 23.5 Å². The van der Waals surface area contributed by atoms with Crippen LogP contribution in [0, 0.1) is 0 Å². The quantitative estimate of drug-likeness (QED) is 0.496. The van der Waals surface area contributed by atoms with E-state index in [4.69, 9.17) is 4.74 Å². The van der Waals surface area contributed by atoms with Crippen LogP contribution in [0.4, 0.5) is 0 Å². The van der Waals surface area contributed by atoms with E-state index in [2.05, 4.69) is 24.8 Å². The minimum absolute atomic E-state index is 0.162. The zero-order valence-corrected chi connectivity index (χ0v) is 14.9. The number of amides is 1. The Morgan fingerprint density at radius 3 is 2.65 bits per heavy atom. The van der Waals surface area contributed by atoms with Crippen LogP contribution in [0.25, 0.3) is 0 Å². The van der Waals surface area contributed by atoms with Gasteiger partial charge in [0.25, 0.3) is 0 Å². The average Bonchev–Trinajstić information content (AvgIpc) is 2.46. The topological polar surface area (TPSA) is 38.3 Å². The average molecular weight is 322 g/mol. The smallest absolute Gasteiger partial charge is 0.220 e. The summed E-state index contributed by atoms with van der Waals surface area (Å²) in [5.74, 6) is 1.40. The Labute approximate surface area is 133 Å². The number of carbonyl (C=O) groups excluding carboxylic acids is 1. The van der Waals surface area contributed by atoms with Crippen molar-refractivity contribution in [2.24, 2.45) is 0 Å². The van der Waals surface area contributed by atoms with Gasteiger partial charge in [-0.3, -0.25) is 4.79 Å². The predicted octanol–water partition coefficient (Wildman–Crippen LogP) is 3.57. The summed E-state index contributed by atoms with van der Waals surface area (Å²) >= 11 is 3.87. The molecule has 0 spiro atoms. The fraction of sp³-hybridized carbons (Fsp3) is 0.933. The number of hydrogen-bond acceptors (Lipinski definition) is 4. The molecule has 0 saturated heterocycles. The summed E-state index contributed by atoms with van der Waals surface area (Å²) in [7, 11) is 0. The standard InChI is InChI=1S/C15H31NO2S2/c1-4-11-18-12-10-16-15(17)8-6-5-7-14(20-3)9-13-19-2/h14H,4-13H2,1-3H3,(H,16,17). The van der Waals surface area contributed by atoms with E-state index in [0.29, 0.717) is 19.6 Å². The van der Waals surface area contributed by atoms with Crippen LogP contribution in [-0.2, 0) is 9.53 Å². The van der Waals surface area contributed by atoms with Crippen LogP contribution in [0.3, 0.4) is 0 Å². The fourth-order valence-corrected chi connectivity index (χ4v) is 3.31. The van der Waals surface area contributed by atoms with Crippen LogP contribution < -0.4 is 5.32 Å². The normalized spacial score (nSPS) is 12.3. The maximum absolute atomic E-state index is 11.6. The first-order chi connectivity index (χ1) is 9.74. The molecular formula is C15H31NO2S2. The van der Waals surface area contributed by atoms with Crippen molar-refractivity contribution in [3.8, 4) is 0 Å². The van der Waals surface area contributed by atoms with Crippen LogP contribution in [-0.4, -0.2) is 49.2 Å². The molecule has 120 valence electrons. The lowest BCUT2D eigenvalue weighted by molar-refractivity contribution is -0.121. The van der Waals surface area contributed by atoms with Crippen molar-refractivity contribution >= 4 is 29.4 Å². The van der Waals surface area contributed by atoms with E-state index >= 15 is 0 Å². The molecule has 0 rings (SSSR count). The SMILES string of the molecule is CCCOCCNC(=O)CCCCC(CCSC)SC. The maximum Gasteiger partial charge on any atom is 0.220 e. The second kappa shape index (κ2) is 15.5. The first-order valence-electron chi connectivity index (χ1n) is 7.60. The molecule has 0 bridgehead atoms. The van der Waals surface area contributed by atoms with Gasteiger partial charge in [0, 0.05) is 24.8 Å². The van der Waals surface area contributed by atoms with E-state index < -0.39 is 0 Å². The molecule has 0 aliphatic heterocycles. The van der Waals surface area contributed by atoms with E-state index in [0.717, 1.165) is 31.1 Å². The molecule has 1 amide bonds. The van der Waals surface area contributed by atoms with Gasteiger partial charge in [-0.1, -0.05) is 13.3 Å². The van der Waals surface area contributed by atoms with E-state index in [1.165, 1.54) is 18.6 Å². The van der Waals surface area contributed by atoms with Gasteiger partial charge >= 0.3 is 0 Å². The molecule has 0 saturated carbocycles. The minimum Gasteiger partial charge on any atom is -0.380 e. The number of nitrogens with one attached hydrogen (secondary N) is 1. The third-order valence-corrected chi connectivity index (χ3v) is 4.86. The molecule has 0 aliphatic rings. The second-order valence-corrected chi connectivity index (χ2v) is 6.97. The molecule has 0 fully saturated rings. The van der Waals surface area contributed by atoms with Crippen LogP contribution in [0.5, 0.6) is 0 Å². The molecule has 0 aliphatic carbocycles. The van der Waals surface area contributed by atoms with Crippen molar-refractivity contribution in [1.82, 2.24) is 5.32 Å². The summed E-state index contributed by atoms with van der Waals surface area (Å²) < 4.78 is 5.32. The first kappa shape index (κ1) is 20.1. The molecule has 3 nitrogen and oxygen atoms in total. The number of thioether (sulfide) groups is 2. The largest absolute Gasteiger partial charge is 0.380 e. The van der Waals surface area contributed by atoms with Gasteiger partial charge in [-0.15, -0.1) is 0 Å². The molecule has 0 aromatic heterocycles. The molecule has 1 N–H and O–H groups in total. The van der Waals surface area contributed by atoms with Crippen LogP contribution in [0.15, 0.2) is 0 Å². The van der Waals surface area contributed by atoms with Crippen molar-refractivity contribution in [2.45, 2.75) is 50.7 Å². The molecule has 5 heteroatoms. The summed E-state index contributed by atoms with van der Waals surface area (Å²) in [4.78, 5) is 11.6. The number of carbonyl (C=O) groups is 1. The van der Waals surface area contributed by atoms with Crippen molar-refractivity contribution in [3.63, 3.8) is 0 Å². The van der Waals surface area contributed by atoms with Gasteiger partial charge in [0.05, 0.1) is 6.61 Å². The highest BCUT2D eigenvalue weighted by molar-refractivity contribution is 7.99. The zero-order chi connectivity index (χ0) is 15.1. The summed E-state index contributed by atoms with van der Waals surface area (Å²) in [5, 5.41) is 3.66. The number of ether oxygens (including phenoxy) is 1. The number of unbranched alkanes of at least 4 members (excludes halogenated alkanes) is 1. The number of hydrogen-bond donors (Lipinski definition) is 1. The first-order valence-corrected chi connectivity index (χ1v) is 10.3. The van der Waals surface area contributed by atoms with Crippen molar-refractivity contribution < 1.29 is 9.53 Å². The second-order valence-electron chi connectivity index (χ2n) is 4.85. The Hall–Kier alpha value is 0.130. The maximum atomic E-state index is 11.6. The molecule has 1 atom stereocenters. The Balaban J connectivity index is 3.41. The van der Waals surface area contributed by atoms with E-state index in [1.54, 1.807) is 0 Å². The van der Waals surface area contributed by atoms with E-state index in [-0.39, 0.29) is 5.91 Å². The molecular weight excluding hydrogens is 290 g/mol. The summed E-state index contributed by atoms with van der Waals surface area (Å²) in [6.45, 7) is 4.13. The molecule has 0 aromatic carbocycles. The number of rotatable bonds is 14. The minimum atomic E-state index is 0.162. The zero-order valence-electron chi connectivity index (χ0n) is 13.3. The lowest BCUT2D eigenvalue weighted by Crippen LogP contribution is -2.27. The Morgan fingerprint density at radius 2 is 2.00 bits per heavy atom. The van der Waals surface area contributed by atoms with Gasteiger partial charge in [-0.2, -0.15) is 23.5 Å². The molecule has 0 radical (unpaired) electrons. The van der Waals surface area contributed by atoms with Gasteiger partial charge in [0.2, 0.25) is 5.91 Å². The Morgan fingerprint density at radius 1 is 1.20 bits per heavy atom. The highest BCUT2D eigenvalue weighted by atomic mass is 32.2. The fourth-order valence-electron chi connectivity index (χ4n) is 1.88. The van der Waals surface area contributed by atoms with E-state index in [1.807, 2.05) is 23.5 Å². The third kappa shape index (κ3) is 13.1. The van der Waals surface area contributed by atoms with Gasteiger partial charge in [0.15, 0.2) is 0 Å². The summed E-state index contributed by atoms with van der Waals surface area (Å²) in [6.07, 6.45) is 10.7. The van der Waals surface area contributed by atoms with Crippen LogP contribution in [0.1, 0.15) is 45.4 Å². The Kier molecular flexibility index (Phi) is 15.6. The molecule has 0 heterocycles. The molecule has 1 unspecified atom stereocenters. The van der Waals surface area contributed by atoms with Gasteiger partial charge < -0.3 is 10.1 Å². The lowest BCUT2D eigenvalue weighted by Gasteiger charge is -2.13. The monoisotopic (exact) mass is 321 g/mol. The van der Waals surface area contributed by atoms with Crippen molar-refractivity contribution in [3.05, 3.63) is 0 Å². The lowest BCUT2D eigenvalue weighted by atomic mass is 10.1. The van der Waals surface area contributed by atoms with Crippen LogP contribution in [0.2, 0.25) is 0 Å². The van der Waals surface area contributed by atoms with Gasteiger partial charge in [-0.05, 0) is 43.9 Å². The van der Waals surface area contributed by atoms with Crippen molar-refractivity contribution in [1.29, 1.82) is 0 Å². The van der Waals surface area contributed by atoms with E-state index in [9.17, 15) is 4.79 Å². The molecule has 20 heavy (non-hydrogen) atoms. The van der Waals surface area contributed by atoms with Gasteiger partial charge in [0.1, 0.15) is 0 Å². The Bertz CT molecular complexity index is 228.